The second-order valence-electron chi connectivity index (χ2n) is 4.35. The first kappa shape index (κ1) is 14.4. The lowest BCUT2D eigenvalue weighted by molar-refractivity contribution is -0.141. The fraction of sp³-hybridized carbons (Fsp3) is 0.308. The molecule has 0 atom stereocenters. The van der Waals surface area contributed by atoms with Crippen molar-refractivity contribution in [3.63, 3.8) is 0 Å². The van der Waals surface area contributed by atoms with Gasteiger partial charge in [-0.3, -0.25) is 4.79 Å². The summed E-state index contributed by atoms with van der Waals surface area (Å²) in [6.45, 7) is -2.25. The normalized spacial score (nSPS) is 11.8. The monoisotopic (exact) mass is 286 g/mol. The van der Waals surface area contributed by atoms with Gasteiger partial charge in [0.05, 0.1) is 6.61 Å². The third-order valence-corrected chi connectivity index (χ3v) is 2.83. The van der Waals surface area contributed by atoms with Crippen molar-refractivity contribution < 1.29 is 23.1 Å². The first-order chi connectivity index (χ1) is 9.40. The van der Waals surface area contributed by atoms with Crippen molar-refractivity contribution in [2.24, 2.45) is 0 Å². The maximum absolute atomic E-state index is 12.4. The summed E-state index contributed by atoms with van der Waals surface area (Å²) in [5, 5.41) is 9.54. The predicted molar refractivity (Wildman–Crippen MR) is 67.3 cm³/mol. The van der Waals surface area contributed by atoms with Gasteiger partial charge in [-0.05, 0) is 24.3 Å². The maximum Gasteiger partial charge on any atom is 0.406 e. The van der Waals surface area contributed by atoms with Crippen molar-refractivity contribution in [3.05, 3.63) is 36.0 Å². The Balaban J connectivity index is 2.25. The number of alkyl halides is 3. The number of benzene rings is 1. The van der Waals surface area contributed by atoms with E-state index in [1.54, 1.807) is 18.3 Å². The van der Waals surface area contributed by atoms with Crippen molar-refractivity contribution in [3.8, 4) is 0 Å². The van der Waals surface area contributed by atoms with Crippen LogP contribution in [-0.2, 0) is 0 Å². The molecule has 0 bridgehead atoms. The van der Waals surface area contributed by atoms with Crippen LogP contribution in [0.5, 0.6) is 0 Å². The largest absolute Gasteiger partial charge is 0.406 e. The van der Waals surface area contributed by atoms with Gasteiger partial charge in [0.25, 0.3) is 5.91 Å². The Morgan fingerprint density at radius 2 is 2.05 bits per heavy atom. The van der Waals surface area contributed by atoms with E-state index in [4.69, 9.17) is 5.11 Å². The molecule has 108 valence electrons. The molecule has 0 saturated carbocycles. The van der Waals surface area contributed by atoms with Crippen LogP contribution in [0.15, 0.2) is 30.5 Å². The molecule has 1 aromatic carbocycles. The molecule has 20 heavy (non-hydrogen) atoms. The first-order valence-corrected chi connectivity index (χ1v) is 5.95. The number of nitrogens with one attached hydrogen (secondary N) is 1. The number of aliphatic hydroxyl groups is 1. The van der Waals surface area contributed by atoms with E-state index in [0.717, 1.165) is 10.9 Å². The molecule has 0 aliphatic rings. The van der Waals surface area contributed by atoms with Crippen LogP contribution in [0.2, 0.25) is 0 Å². The summed E-state index contributed by atoms with van der Waals surface area (Å²) in [7, 11) is 0. The molecule has 0 saturated heterocycles. The van der Waals surface area contributed by atoms with E-state index in [1.807, 2.05) is 0 Å². The zero-order chi connectivity index (χ0) is 14.8. The van der Waals surface area contributed by atoms with E-state index in [1.165, 1.54) is 12.1 Å². The number of H-pyrrole nitrogens is 1. The van der Waals surface area contributed by atoms with E-state index in [2.05, 4.69) is 4.98 Å². The summed E-state index contributed by atoms with van der Waals surface area (Å²) < 4.78 is 37.3. The standard InChI is InChI=1S/C13H13F3N2O2/c14-13(15,16)8-18(5-6-19)12(20)10-1-2-11-9(7-10)3-4-17-11/h1-4,7,17,19H,5-6,8H2. The SMILES string of the molecule is O=C(c1ccc2[nH]ccc2c1)N(CCO)CC(F)(F)F. The van der Waals surface area contributed by atoms with Gasteiger partial charge in [0, 0.05) is 29.2 Å². The number of aliphatic hydroxyl groups excluding tert-OH is 1. The molecule has 1 amide bonds. The highest BCUT2D eigenvalue weighted by Crippen LogP contribution is 2.20. The number of aromatic nitrogens is 1. The van der Waals surface area contributed by atoms with Crippen LogP contribution in [0.3, 0.4) is 0 Å². The lowest BCUT2D eigenvalue weighted by atomic mass is 10.1. The third kappa shape index (κ3) is 3.30. The summed E-state index contributed by atoms with van der Waals surface area (Å²) in [6, 6.07) is 6.34. The molecule has 4 nitrogen and oxygen atoms in total. The Kier molecular flexibility index (Phi) is 3.99. The molecule has 1 aromatic heterocycles. The van der Waals surface area contributed by atoms with Gasteiger partial charge in [0.2, 0.25) is 0 Å². The second-order valence-corrected chi connectivity index (χ2v) is 4.35. The minimum Gasteiger partial charge on any atom is -0.395 e. The molecule has 2 aromatic rings. The van der Waals surface area contributed by atoms with Gasteiger partial charge in [-0.2, -0.15) is 13.2 Å². The number of carbonyl (C=O) groups is 1. The Bertz CT molecular complexity index is 607. The minimum atomic E-state index is -4.50. The molecule has 1 heterocycles. The Labute approximate surface area is 112 Å². The number of aromatic amines is 1. The fourth-order valence-electron chi connectivity index (χ4n) is 1.96. The van der Waals surface area contributed by atoms with E-state index in [9.17, 15) is 18.0 Å². The highest BCUT2D eigenvalue weighted by atomic mass is 19.4. The number of halogens is 3. The van der Waals surface area contributed by atoms with Crippen molar-refractivity contribution in [2.75, 3.05) is 19.7 Å². The quantitative estimate of drug-likeness (QED) is 0.905. The topological polar surface area (TPSA) is 56.3 Å². The molecular formula is C13H13F3N2O2. The summed E-state index contributed by atoms with van der Waals surface area (Å²) in [5.41, 5.74) is 0.959. The molecule has 0 unspecified atom stereocenters. The molecule has 0 aliphatic heterocycles. The summed E-state index contributed by atoms with van der Waals surface area (Å²) in [6.07, 6.45) is -2.82. The van der Waals surface area contributed by atoms with Gasteiger partial charge in [-0.1, -0.05) is 0 Å². The van der Waals surface area contributed by atoms with E-state index in [-0.39, 0.29) is 12.1 Å². The first-order valence-electron chi connectivity index (χ1n) is 5.95. The highest BCUT2D eigenvalue weighted by Gasteiger charge is 2.33. The molecule has 0 fully saturated rings. The maximum atomic E-state index is 12.4. The number of carbonyl (C=O) groups excluding carboxylic acids is 1. The van der Waals surface area contributed by atoms with Gasteiger partial charge in [-0.25, -0.2) is 0 Å². The van der Waals surface area contributed by atoms with Gasteiger partial charge < -0.3 is 15.0 Å². The van der Waals surface area contributed by atoms with E-state index >= 15 is 0 Å². The molecule has 2 rings (SSSR count). The predicted octanol–water partition coefficient (Wildman–Crippen LogP) is 2.16. The summed E-state index contributed by atoms with van der Waals surface area (Å²) in [5.74, 6) is -0.750. The van der Waals surface area contributed by atoms with Gasteiger partial charge >= 0.3 is 6.18 Å². The van der Waals surface area contributed by atoms with Crippen molar-refractivity contribution in [1.82, 2.24) is 9.88 Å². The van der Waals surface area contributed by atoms with Crippen LogP contribution >= 0.6 is 0 Å². The average molecular weight is 286 g/mol. The van der Waals surface area contributed by atoms with E-state index in [0.29, 0.717) is 4.90 Å². The Hall–Kier alpha value is -2.02. The number of rotatable bonds is 4. The van der Waals surface area contributed by atoms with Gasteiger partial charge in [-0.15, -0.1) is 0 Å². The average Bonchev–Trinajstić information content (AvgIpc) is 2.83. The zero-order valence-corrected chi connectivity index (χ0v) is 10.4. The Morgan fingerprint density at radius 3 is 2.70 bits per heavy atom. The van der Waals surface area contributed by atoms with Crippen LogP contribution in [0.1, 0.15) is 10.4 Å². The number of nitrogens with zero attached hydrogens (tertiary/aromatic N) is 1. The molecule has 2 N–H and O–H groups in total. The van der Waals surface area contributed by atoms with E-state index < -0.39 is 25.2 Å². The number of amides is 1. The van der Waals surface area contributed by atoms with Crippen LogP contribution in [0.4, 0.5) is 13.2 Å². The fourth-order valence-corrected chi connectivity index (χ4v) is 1.96. The van der Waals surface area contributed by atoms with Gasteiger partial charge in [0.1, 0.15) is 6.54 Å². The number of fused-ring (bicyclic) bond motifs is 1. The molecule has 0 radical (unpaired) electrons. The Morgan fingerprint density at radius 1 is 1.30 bits per heavy atom. The van der Waals surface area contributed by atoms with Crippen LogP contribution in [0.25, 0.3) is 10.9 Å². The van der Waals surface area contributed by atoms with Gasteiger partial charge in [0.15, 0.2) is 0 Å². The van der Waals surface area contributed by atoms with Crippen molar-refractivity contribution in [1.29, 1.82) is 0 Å². The van der Waals surface area contributed by atoms with Crippen LogP contribution in [0, 0.1) is 0 Å². The smallest absolute Gasteiger partial charge is 0.395 e. The van der Waals surface area contributed by atoms with Crippen molar-refractivity contribution in [2.45, 2.75) is 6.18 Å². The van der Waals surface area contributed by atoms with Crippen LogP contribution < -0.4 is 0 Å². The van der Waals surface area contributed by atoms with Crippen LogP contribution in [-0.4, -0.2) is 46.8 Å². The van der Waals surface area contributed by atoms with Crippen molar-refractivity contribution >= 4 is 16.8 Å². The second kappa shape index (κ2) is 5.54. The zero-order valence-electron chi connectivity index (χ0n) is 10.4. The third-order valence-electron chi connectivity index (χ3n) is 2.83. The lowest BCUT2D eigenvalue weighted by Gasteiger charge is -2.23. The molecule has 0 spiro atoms. The number of hydrogen-bond acceptors (Lipinski definition) is 2. The number of hydrogen-bond donors (Lipinski definition) is 2. The minimum absolute atomic E-state index is 0.162. The highest BCUT2D eigenvalue weighted by molar-refractivity contribution is 5.98. The summed E-state index contributed by atoms with van der Waals surface area (Å²) >= 11 is 0. The molecule has 0 aliphatic carbocycles. The molecular weight excluding hydrogens is 273 g/mol. The summed E-state index contributed by atoms with van der Waals surface area (Å²) in [4.78, 5) is 15.6. The lowest BCUT2D eigenvalue weighted by Crippen LogP contribution is -2.40. The molecule has 7 heteroatoms.